The van der Waals surface area contributed by atoms with Crippen LogP contribution in [0.1, 0.15) is 51.0 Å². The van der Waals surface area contributed by atoms with Gasteiger partial charge < -0.3 is 15.2 Å². The van der Waals surface area contributed by atoms with E-state index >= 15 is 0 Å². The van der Waals surface area contributed by atoms with Crippen LogP contribution in [0.4, 0.5) is 0 Å². The summed E-state index contributed by atoms with van der Waals surface area (Å²) < 4.78 is 5.59. The second kappa shape index (κ2) is 5.24. The fraction of sp³-hybridized carbons (Fsp3) is 0.684. The number of aliphatic hydroxyl groups is 1. The molecule has 1 aromatic rings. The molecule has 4 aliphatic rings. The Labute approximate surface area is 133 Å². The van der Waals surface area contributed by atoms with Crippen LogP contribution in [-0.2, 0) is 6.54 Å². The number of nitrogens with one attached hydrogen (secondary N) is 1. The van der Waals surface area contributed by atoms with E-state index in [-0.39, 0.29) is 11.1 Å². The summed E-state index contributed by atoms with van der Waals surface area (Å²) in [5.41, 5.74) is 1.05. The van der Waals surface area contributed by atoms with Crippen LogP contribution in [0.5, 0.6) is 5.75 Å². The molecule has 4 bridgehead atoms. The monoisotopic (exact) mass is 301 g/mol. The number of rotatable bonds is 5. The summed E-state index contributed by atoms with van der Waals surface area (Å²) in [4.78, 5) is 0. The standard InChI is InChI=1S/C19H27NO2/c1-2-22-17-5-3-4-14(7-17)12-20-18-8-15-6-16(9-18)11-19(21,10-15)13-18/h3-5,7,15-16,20-21H,2,6,8-13H2,1H3. The average Bonchev–Trinajstić information content (AvgIpc) is 2.43. The van der Waals surface area contributed by atoms with Crippen LogP contribution in [0.2, 0.25) is 0 Å². The highest BCUT2D eigenvalue weighted by Crippen LogP contribution is 2.57. The van der Waals surface area contributed by atoms with Gasteiger partial charge in [-0.2, -0.15) is 0 Å². The van der Waals surface area contributed by atoms with E-state index in [1.165, 1.54) is 24.8 Å². The molecule has 0 radical (unpaired) electrons. The molecule has 0 amide bonds. The lowest BCUT2D eigenvalue weighted by Crippen LogP contribution is -2.64. The van der Waals surface area contributed by atoms with Crippen molar-refractivity contribution in [1.82, 2.24) is 5.32 Å². The van der Waals surface area contributed by atoms with Crippen LogP contribution >= 0.6 is 0 Å². The zero-order chi connectivity index (χ0) is 15.2. The average molecular weight is 301 g/mol. The Kier molecular flexibility index (Phi) is 3.46. The Morgan fingerprint density at radius 1 is 1.23 bits per heavy atom. The maximum Gasteiger partial charge on any atom is 0.119 e. The fourth-order valence-corrected chi connectivity index (χ4v) is 5.62. The van der Waals surface area contributed by atoms with Gasteiger partial charge >= 0.3 is 0 Å². The Balaban J connectivity index is 1.46. The second-order valence-corrected chi connectivity index (χ2v) is 7.90. The van der Waals surface area contributed by atoms with Crippen molar-refractivity contribution < 1.29 is 9.84 Å². The highest BCUT2D eigenvalue weighted by Gasteiger charge is 2.56. The van der Waals surface area contributed by atoms with Gasteiger partial charge in [0.05, 0.1) is 12.2 Å². The first kappa shape index (κ1) is 14.5. The van der Waals surface area contributed by atoms with Gasteiger partial charge in [0.25, 0.3) is 0 Å². The summed E-state index contributed by atoms with van der Waals surface area (Å²) in [5.74, 6) is 2.41. The van der Waals surface area contributed by atoms with Crippen molar-refractivity contribution >= 4 is 0 Å². The first-order valence-electron chi connectivity index (χ1n) is 8.77. The van der Waals surface area contributed by atoms with Gasteiger partial charge in [0.15, 0.2) is 0 Å². The molecule has 3 heteroatoms. The molecule has 3 nitrogen and oxygen atoms in total. The number of ether oxygens (including phenoxy) is 1. The van der Waals surface area contributed by atoms with Crippen molar-refractivity contribution in [2.75, 3.05) is 6.61 Å². The van der Waals surface area contributed by atoms with E-state index in [0.717, 1.165) is 43.4 Å². The van der Waals surface area contributed by atoms with E-state index in [1.807, 2.05) is 13.0 Å². The summed E-state index contributed by atoms with van der Waals surface area (Å²) in [6.07, 6.45) is 6.84. The Hall–Kier alpha value is -1.06. The van der Waals surface area contributed by atoms with Crippen LogP contribution in [0, 0.1) is 11.8 Å². The highest BCUT2D eigenvalue weighted by molar-refractivity contribution is 5.28. The Morgan fingerprint density at radius 2 is 2.00 bits per heavy atom. The van der Waals surface area contributed by atoms with E-state index < -0.39 is 0 Å². The van der Waals surface area contributed by atoms with Crippen molar-refractivity contribution in [1.29, 1.82) is 0 Å². The van der Waals surface area contributed by atoms with Crippen LogP contribution in [0.3, 0.4) is 0 Å². The molecule has 4 fully saturated rings. The van der Waals surface area contributed by atoms with Crippen molar-refractivity contribution in [3.63, 3.8) is 0 Å². The molecular weight excluding hydrogens is 274 g/mol. The maximum atomic E-state index is 10.8. The highest BCUT2D eigenvalue weighted by atomic mass is 16.5. The predicted octanol–water partition coefficient (Wildman–Crippen LogP) is 3.26. The molecule has 4 saturated carbocycles. The van der Waals surface area contributed by atoms with Crippen LogP contribution < -0.4 is 10.1 Å². The lowest BCUT2D eigenvalue weighted by atomic mass is 9.51. The predicted molar refractivity (Wildman–Crippen MR) is 86.8 cm³/mol. The quantitative estimate of drug-likeness (QED) is 0.877. The van der Waals surface area contributed by atoms with Crippen LogP contribution in [0.15, 0.2) is 24.3 Å². The molecule has 0 spiro atoms. The number of hydrogen-bond acceptors (Lipinski definition) is 3. The Bertz CT molecular complexity index is 542. The molecule has 4 aliphatic carbocycles. The molecule has 0 aliphatic heterocycles. The molecule has 0 heterocycles. The molecule has 2 atom stereocenters. The van der Waals surface area contributed by atoms with Crippen LogP contribution in [-0.4, -0.2) is 22.9 Å². The molecule has 0 saturated heterocycles. The third-order valence-electron chi connectivity index (χ3n) is 5.91. The first-order chi connectivity index (χ1) is 10.6. The summed E-state index contributed by atoms with van der Waals surface area (Å²) >= 11 is 0. The minimum atomic E-state index is -0.385. The zero-order valence-corrected chi connectivity index (χ0v) is 13.5. The van der Waals surface area contributed by atoms with Crippen molar-refractivity contribution in [2.45, 2.75) is 63.1 Å². The third-order valence-corrected chi connectivity index (χ3v) is 5.91. The number of benzene rings is 1. The molecule has 0 aromatic heterocycles. The van der Waals surface area contributed by atoms with Gasteiger partial charge in [-0.05, 0) is 75.0 Å². The number of hydrogen-bond donors (Lipinski definition) is 2. The van der Waals surface area contributed by atoms with Crippen molar-refractivity contribution in [2.24, 2.45) is 11.8 Å². The van der Waals surface area contributed by atoms with Gasteiger partial charge in [0, 0.05) is 12.1 Å². The molecule has 120 valence electrons. The van der Waals surface area contributed by atoms with E-state index in [9.17, 15) is 5.11 Å². The molecule has 1 aromatic carbocycles. The van der Waals surface area contributed by atoms with Gasteiger partial charge in [-0.15, -0.1) is 0 Å². The van der Waals surface area contributed by atoms with Gasteiger partial charge in [-0.25, -0.2) is 0 Å². The van der Waals surface area contributed by atoms with Gasteiger partial charge in [-0.1, -0.05) is 12.1 Å². The summed E-state index contributed by atoms with van der Waals surface area (Å²) in [6, 6.07) is 8.37. The summed E-state index contributed by atoms with van der Waals surface area (Å²) in [7, 11) is 0. The minimum absolute atomic E-state index is 0.167. The lowest BCUT2D eigenvalue weighted by Gasteiger charge is -2.60. The van der Waals surface area contributed by atoms with Gasteiger partial charge in [0.2, 0.25) is 0 Å². The van der Waals surface area contributed by atoms with E-state index in [4.69, 9.17) is 4.74 Å². The molecule has 2 unspecified atom stereocenters. The summed E-state index contributed by atoms with van der Waals surface area (Å²) in [5, 5.41) is 14.6. The zero-order valence-electron chi connectivity index (χ0n) is 13.5. The van der Waals surface area contributed by atoms with Crippen molar-refractivity contribution in [3.8, 4) is 5.75 Å². The first-order valence-corrected chi connectivity index (χ1v) is 8.77. The topological polar surface area (TPSA) is 41.5 Å². The summed E-state index contributed by atoms with van der Waals surface area (Å²) in [6.45, 7) is 3.59. The largest absolute Gasteiger partial charge is 0.494 e. The lowest BCUT2D eigenvalue weighted by molar-refractivity contribution is -0.142. The van der Waals surface area contributed by atoms with Crippen LogP contribution in [0.25, 0.3) is 0 Å². The Morgan fingerprint density at radius 3 is 2.68 bits per heavy atom. The van der Waals surface area contributed by atoms with Gasteiger partial charge in [-0.3, -0.25) is 0 Å². The molecule has 2 N–H and O–H groups in total. The normalized spacial score (nSPS) is 39.2. The third kappa shape index (κ3) is 2.65. The van der Waals surface area contributed by atoms with E-state index in [1.54, 1.807) is 0 Å². The molecular formula is C19H27NO2. The molecule has 5 rings (SSSR count). The minimum Gasteiger partial charge on any atom is -0.494 e. The SMILES string of the molecule is CCOc1cccc(CNC23CC4CC(CC(O)(C4)C2)C3)c1. The van der Waals surface area contributed by atoms with E-state index in [2.05, 4.69) is 23.5 Å². The fourth-order valence-electron chi connectivity index (χ4n) is 5.62. The maximum absolute atomic E-state index is 10.8. The smallest absolute Gasteiger partial charge is 0.119 e. The molecule has 22 heavy (non-hydrogen) atoms. The second-order valence-electron chi connectivity index (χ2n) is 7.90. The van der Waals surface area contributed by atoms with Gasteiger partial charge in [0.1, 0.15) is 5.75 Å². The van der Waals surface area contributed by atoms with E-state index in [0.29, 0.717) is 6.61 Å². The van der Waals surface area contributed by atoms with Crippen molar-refractivity contribution in [3.05, 3.63) is 29.8 Å².